The lowest BCUT2D eigenvalue weighted by Gasteiger charge is -2.22. The van der Waals surface area contributed by atoms with Crippen LogP contribution in [-0.2, 0) is 11.2 Å². The standard InChI is InChI=1S/C28H43N7OS/c1-37-19-16-25-27-32-33-34-35(27)26(20-22-21-31-24-15-11-10-14-23(22)24)28(36)30-18-13-9-7-5-3-2-4-6-8-12-17-29-25/h10-11,14-15,21,25-26,29,31H,2-9,12-13,16-20H2,1H3,(H,30,36). The third kappa shape index (κ3) is 8.04. The van der Waals surface area contributed by atoms with E-state index in [0.717, 1.165) is 60.3 Å². The largest absolute Gasteiger partial charge is 0.361 e. The predicted molar refractivity (Wildman–Crippen MR) is 152 cm³/mol. The Hall–Kier alpha value is -2.39. The maximum absolute atomic E-state index is 13.6. The maximum Gasteiger partial charge on any atom is 0.245 e. The number of nitrogens with zero attached hydrogens (tertiary/aromatic N) is 4. The zero-order valence-corrected chi connectivity index (χ0v) is 23.1. The first-order chi connectivity index (χ1) is 18.3. The van der Waals surface area contributed by atoms with Crippen LogP contribution in [0.1, 0.15) is 94.1 Å². The van der Waals surface area contributed by atoms with Gasteiger partial charge in [0, 0.05) is 30.1 Å². The van der Waals surface area contributed by atoms with Crippen molar-refractivity contribution < 1.29 is 4.79 Å². The van der Waals surface area contributed by atoms with E-state index in [1.165, 1.54) is 44.9 Å². The number of thioether (sulfide) groups is 1. The zero-order valence-electron chi connectivity index (χ0n) is 22.3. The summed E-state index contributed by atoms with van der Waals surface area (Å²) in [6, 6.07) is 7.74. The quantitative estimate of drug-likeness (QED) is 0.415. The summed E-state index contributed by atoms with van der Waals surface area (Å²) in [6.07, 6.45) is 18.0. The number of H-pyrrole nitrogens is 1. The molecule has 37 heavy (non-hydrogen) atoms. The van der Waals surface area contributed by atoms with Crippen molar-refractivity contribution in [3.63, 3.8) is 0 Å². The van der Waals surface area contributed by atoms with Crippen molar-refractivity contribution in [2.24, 2.45) is 0 Å². The molecule has 0 radical (unpaired) electrons. The van der Waals surface area contributed by atoms with E-state index >= 15 is 0 Å². The zero-order chi connectivity index (χ0) is 25.7. The summed E-state index contributed by atoms with van der Waals surface area (Å²) in [5, 5.41) is 21.0. The molecule has 0 bridgehead atoms. The fraction of sp³-hybridized carbons (Fsp3) is 0.643. The van der Waals surface area contributed by atoms with Crippen molar-refractivity contribution in [1.82, 2.24) is 35.8 Å². The summed E-state index contributed by atoms with van der Waals surface area (Å²) in [6.45, 7) is 1.63. The highest BCUT2D eigenvalue weighted by molar-refractivity contribution is 7.98. The minimum absolute atomic E-state index is 0.0136. The van der Waals surface area contributed by atoms with Crippen molar-refractivity contribution in [3.8, 4) is 0 Å². The molecule has 1 amide bonds. The van der Waals surface area contributed by atoms with Gasteiger partial charge in [0.2, 0.25) is 5.91 Å². The highest BCUT2D eigenvalue weighted by Gasteiger charge is 2.29. The number of aromatic nitrogens is 5. The van der Waals surface area contributed by atoms with Gasteiger partial charge in [-0.25, -0.2) is 4.68 Å². The molecule has 8 nitrogen and oxygen atoms in total. The number of fused-ring (bicyclic) bond motifs is 2. The monoisotopic (exact) mass is 525 g/mol. The van der Waals surface area contributed by atoms with Gasteiger partial charge in [-0.3, -0.25) is 4.79 Å². The van der Waals surface area contributed by atoms with E-state index in [0.29, 0.717) is 13.0 Å². The van der Waals surface area contributed by atoms with Crippen LogP contribution in [-0.4, -0.2) is 56.2 Å². The van der Waals surface area contributed by atoms with Crippen LogP contribution in [0.25, 0.3) is 10.9 Å². The predicted octanol–water partition coefficient (Wildman–Crippen LogP) is 5.35. The summed E-state index contributed by atoms with van der Waals surface area (Å²) in [5.74, 6) is 1.75. The van der Waals surface area contributed by atoms with E-state index in [4.69, 9.17) is 0 Å². The summed E-state index contributed by atoms with van der Waals surface area (Å²) in [7, 11) is 0. The fourth-order valence-electron chi connectivity index (χ4n) is 5.28. The number of benzene rings is 1. The number of rotatable bonds is 5. The molecule has 1 aromatic carbocycles. The lowest BCUT2D eigenvalue weighted by molar-refractivity contribution is -0.124. The molecule has 3 heterocycles. The summed E-state index contributed by atoms with van der Waals surface area (Å²) >= 11 is 1.82. The highest BCUT2D eigenvalue weighted by Crippen LogP contribution is 2.26. The third-order valence-corrected chi connectivity index (χ3v) is 8.06. The Morgan fingerprint density at radius 1 is 0.973 bits per heavy atom. The molecule has 1 aliphatic heterocycles. The molecule has 0 spiro atoms. The molecule has 2 unspecified atom stereocenters. The minimum atomic E-state index is -0.509. The number of hydrogen-bond donors (Lipinski definition) is 3. The summed E-state index contributed by atoms with van der Waals surface area (Å²) in [4.78, 5) is 17.0. The van der Waals surface area contributed by atoms with Crippen LogP contribution in [0, 0.1) is 0 Å². The van der Waals surface area contributed by atoms with E-state index in [2.05, 4.69) is 49.5 Å². The average Bonchev–Trinajstić information content (AvgIpc) is 3.56. The molecule has 1 aliphatic rings. The number of carbonyl (C=O) groups is 1. The number of amides is 1. The number of hydrogen-bond acceptors (Lipinski definition) is 6. The molecular weight excluding hydrogens is 482 g/mol. The Bertz CT molecular complexity index is 1080. The van der Waals surface area contributed by atoms with Crippen molar-refractivity contribution in [2.75, 3.05) is 25.1 Å². The van der Waals surface area contributed by atoms with Crippen molar-refractivity contribution in [2.45, 2.75) is 89.1 Å². The van der Waals surface area contributed by atoms with Gasteiger partial charge in [-0.05, 0) is 59.9 Å². The van der Waals surface area contributed by atoms with Gasteiger partial charge < -0.3 is 15.6 Å². The van der Waals surface area contributed by atoms with Crippen LogP contribution in [0.4, 0.5) is 0 Å². The lowest BCUT2D eigenvalue weighted by atomic mass is 10.0. The molecule has 202 valence electrons. The van der Waals surface area contributed by atoms with Gasteiger partial charge in [0.15, 0.2) is 5.82 Å². The van der Waals surface area contributed by atoms with E-state index < -0.39 is 6.04 Å². The van der Waals surface area contributed by atoms with Gasteiger partial charge >= 0.3 is 0 Å². The molecular formula is C28H43N7OS. The first-order valence-electron chi connectivity index (χ1n) is 14.1. The van der Waals surface area contributed by atoms with Crippen LogP contribution >= 0.6 is 11.8 Å². The minimum Gasteiger partial charge on any atom is -0.361 e. The first kappa shape index (κ1) is 27.6. The number of aromatic amines is 1. The van der Waals surface area contributed by atoms with Crippen LogP contribution in [0.2, 0.25) is 0 Å². The molecule has 0 saturated carbocycles. The van der Waals surface area contributed by atoms with Crippen LogP contribution in [0.15, 0.2) is 30.5 Å². The van der Waals surface area contributed by atoms with Gasteiger partial charge in [-0.2, -0.15) is 11.8 Å². The smallest absolute Gasteiger partial charge is 0.245 e. The Kier molecular flexibility index (Phi) is 11.3. The number of para-hydroxylation sites is 1. The van der Waals surface area contributed by atoms with Crippen LogP contribution in [0.5, 0.6) is 0 Å². The maximum atomic E-state index is 13.6. The number of tetrazole rings is 1. The fourth-order valence-corrected chi connectivity index (χ4v) is 5.75. The van der Waals surface area contributed by atoms with Crippen molar-refractivity contribution in [3.05, 3.63) is 41.9 Å². The Morgan fingerprint density at radius 2 is 1.68 bits per heavy atom. The van der Waals surface area contributed by atoms with Gasteiger partial charge in [-0.1, -0.05) is 69.6 Å². The molecule has 3 aromatic rings. The van der Waals surface area contributed by atoms with E-state index in [-0.39, 0.29) is 11.9 Å². The lowest BCUT2D eigenvalue weighted by Crippen LogP contribution is -2.37. The topological polar surface area (TPSA) is 101 Å². The third-order valence-electron chi connectivity index (χ3n) is 7.42. The van der Waals surface area contributed by atoms with Crippen molar-refractivity contribution in [1.29, 1.82) is 0 Å². The van der Waals surface area contributed by atoms with Crippen LogP contribution in [0.3, 0.4) is 0 Å². The molecule has 3 N–H and O–H groups in total. The number of nitrogens with one attached hydrogen (secondary N) is 3. The summed E-state index contributed by atoms with van der Waals surface area (Å²) in [5.41, 5.74) is 2.18. The Labute approximate surface area is 225 Å². The molecule has 0 fully saturated rings. The van der Waals surface area contributed by atoms with Gasteiger partial charge in [-0.15, -0.1) is 5.10 Å². The second-order valence-corrected chi connectivity index (χ2v) is 11.2. The first-order valence-corrected chi connectivity index (χ1v) is 15.5. The van der Waals surface area contributed by atoms with Crippen LogP contribution < -0.4 is 10.6 Å². The molecule has 4 rings (SSSR count). The summed E-state index contributed by atoms with van der Waals surface area (Å²) < 4.78 is 1.78. The molecule has 2 aromatic heterocycles. The second-order valence-electron chi connectivity index (χ2n) is 10.2. The molecule has 0 saturated heterocycles. The molecule has 2 atom stereocenters. The van der Waals surface area contributed by atoms with Gasteiger partial charge in [0.25, 0.3) is 0 Å². The van der Waals surface area contributed by atoms with E-state index in [1.807, 2.05) is 30.1 Å². The van der Waals surface area contributed by atoms with Gasteiger partial charge in [0.05, 0.1) is 6.04 Å². The number of carbonyl (C=O) groups excluding carboxylic acids is 1. The normalized spacial score (nSPS) is 21.5. The van der Waals surface area contributed by atoms with E-state index in [1.54, 1.807) is 4.68 Å². The Balaban J connectivity index is 1.59. The Morgan fingerprint density at radius 3 is 2.43 bits per heavy atom. The van der Waals surface area contributed by atoms with Gasteiger partial charge in [0.1, 0.15) is 6.04 Å². The highest BCUT2D eigenvalue weighted by atomic mass is 32.2. The van der Waals surface area contributed by atoms with E-state index in [9.17, 15) is 4.79 Å². The average molecular weight is 526 g/mol. The SMILES string of the molecule is CSCCC1NCCCCCCCCCCCCNC(=O)C(Cc2c[nH]c3ccccc23)n2nnnc21. The van der Waals surface area contributed by atoms with Crippen molar-refractivity contribution >= 4 is 28.6 Å². The second kappa shape index (κ2) is 15.1. The molecule has 0 aliphatic carbocycles. The molecule has 9 heteroatoms.